The topological polar surface area (TPSA) is 20.1 Å². The van der Waals surface area contributed by atoms with E-state index < -0.39 is 0 Å². The summed E-state index contributed by atoms with van der Waals surface area (Å²) >= 11 is 0. The van der Waals surface area contributed by atoms with Gasteiger partial charge in [-0.3, -0.25) is 4.79 Å². The molecular weight excluding hydrogens is 138 g/mol. The van der Waals surface area contributed by atoms with E-state index in [0.29, 0.717) is 0 Å². The van der Waals surface area contributed by atoms with Gasteiger partial charge in [0.25, 0.3) is 5.91 Å². The van der Waals surface area contributed by atoms with Crippen molar-refractivity contribution in [1.82, 2.24) is 4.90 Å². The number of rotatable bonds is 4. The highest BCUT2D eigenvalue weighted by molar-refractivity contribution is 5.98. The summed E-state index contributed by atoms with van der Waals surface area (Å²) in [6.07, 6.45) is 3.30. The normalized spacial score (nSPS) is 22.2. The molecule has 1 aliphatic rings. The SMILES string of the molecule is C=C(C)N1C(=O)C1CCCC. The lowest BCUT2D eigenvalue weighted by molar-refractivity contribution is -0.113. The Labute approximate surface area is 67.9 Å². The van der Waals surface area contributed by atoms with Crippen molar-refractivity contribution in [2.24, 2.45) is 0 Å². The Hall–Kier alpha value is -0.790. The third-order valence-electron chi connectivity index (χ3n) is 2.01. The lowest BCUT2D eigenvalue weighted by Crippen LogP contribution is -1.97. The zero-order valence-corrected chi connectivity index (χ0v) is 7.26. The van der Waals surface area contributed by atoms with Crippen molar-refractivity contribution < 1.29 is 4.79 Å². The van der Waals surface area contributed by atoms with Gasteiger partial charge in [0.15, 0.2) is 0 Å². The molecule has 1 saturated heterocycles. The second kappa shape index (κ2) is 3.07. The fraction of sp³-hybridized carbons (Fsp3) is 0.667. The Morgan fingerprint density at radius 2 is 2.36 bits per heavy atom. The molecule has 2 heteroatoms. The maximum atomic E-state index is 11.0. The monoisotopic (exact) mass is 153 g/mol. The van der Waals surface area contributed by atoms with Crippen molar-refractivity contribution in [3.63, 3.8) is 0 Å². The molecule has 0 aliphatic carbocycles. The lowest BCUT2D eigenvalue weighted by atomic mass is 10.2. The smallest absolute Gasteiger partial charge is 0.250 e. The average Bonchev–Trinajstić information content (AvgIpc) is 2.57. The molecule has 2 nitrogen and oxygen atoms in total. The van der Waals surface area contributed by atoms with Crippen LogP contribution in [0.3, 0.4) is 0 Å². The highest BCUT2D eigenvalue weighted by Crippen LogP contribution is 2.28. The van der Waals surface area contributed by atoms with E-state index in [1.54, 1.807) is 4.90 Å². The van der Waals surface area contributed by atoms with Gasteiger partial charge in [-0.05, 0) is 13.3 Å². The van der Waals surface area contributed by atoms with Crippen LogP contribution >= 0.6 is 0 Å². The molecular formula is C9H15NO. The number of hydrogen-bond acceptors (Lipinski definition) is 1. The van der Waals surface area contributed by atoms with Gasteiger partial charge < -0.3 is 4.90 Å². The molecule has 0 radical (unpaired) electrons. The minimum atomic E-state index is 0.174. The summed E-state index contributed by atoms with van der Waals surface area (Å²) in [5.74, 6) is 0.256. The van der Waals surface area contributed by atoms with Gasteiger partial charge in [0.1, 0.15) is 6.04 Å². The fourth-order valence-corrected chi connectivity index (χ4v) is 1.32. The van der Waals surface area contributed by atoms with Crippen molar-refractivity contribution in [2.45, 2.75) is 39.2 Å². The van der Waals surface area contributed by atoms with E-state index in [0.717, 1.165) is 25.0 Å². The van der Waals surface area contributed by atoms with Crippen molar-refractivity contribution in [2.75, 3.05) is 0 Å². The molecule has 11 heavy (non-hydrogen) atoms. The summed E-state index contributed by atoms with van der Waals surface area (Å²) in [4.78, 5) is 12.8. The van der Waals surface area contributed by atoms with Crippen LogP contribution in [0.15, 0.2) is 12.3 Å². The first-order valence-corrected chi connectivity index (χ1v) is 4.17. The minimum absolute atomic E-state index is 0.174. The number of carbonyl (C=O) groups is 1. The molecule has 1 unspecified atom stereocenters. The molecule has 0 bridgehead atoms. The summed E-state index contributed by atoms with van der Waals surface area (Å²) in [5.41, 5.74) is 0.885. The van der Waals surface area contributed by atoms with Crippen LogP contribution < -0.4 is 0 Å². The fourth-order valence-electron chi connectivity index (χ4n) is 1.32. The largest absolute Gasteiger partial charge is 0.303 e. The molecule has 0 N–H and O–H groups in total. The number of hydrogen-bond donors (Lipinski definition) is 0. The summed E-state index contributed by atoms with van der Waals surface area (Å²) in [7, 11) is 0. The van der Waals surface area contributed by atoms with Gasteiger partial charge in [0, 0.05) is 5.70 Å². The zero-order valence-electron chi connectivity index (χ0n) is 7.26. The van der Waals surface area contributed by atoms with Crippen LogP contribution in [0, 0.1) is 0 Å². The number of allylic oxidation sites excluding steroid dienone is 1. The quantitative estimate of drug-likeness (QED) is 0.565. The highest BCUT2D eigenvalue weighted by atomic mass is 16.2. The Morgan fingerprint density at radius 3 is 2.73 bits per heavy atom. The molecule has 1 heterocycles. The van der Waals surface area contributed by atoms with Crippen LogP contribution in [-0.4, -0.2) is 16.8 Å². The van der Waals surface area contributed by atoms with Gasteiger partial charge in [0.2, 0.25) is 0 Å². The van der Waals surface area contributed by atoms with Crippen molar-refractivity contribution in [1.29, 1.82) is 0 Å². The van der Waals surface area contributed by atoms with Gasteiger partial charge in [-0.2, -0.15) is 0 Å². The number of unbranched alkanes of at least 4 members (excludes halogenated alkanes) is 1. The summed E-state index contributed by atoms with van der Waals surface area (Å²) < 4.78 is 0. The van der Waals surface area contributed by atoms with Crippen molar-refractivity contribution in [3.05, 3.63) is 12.3 Å². The maximum absolute atomic E-state index is 11.0. The second-order valence-corrected chi connectivity index (χ2v) is 3.10. The van der Waals surface area contributed by atoms with Crippen LogP contribution in [0.1, 0.15) is 33.1 Å². The third kappa shape index (κ3) is 1.62. The molecule has 1 fully saturated rings. The van der Waals surface area contributed by atoms with E-state index in [1.165, 1.54) is 0 Å². The van der Waals surface area contributed by atoms with Crippen LogP contribution in [0.4, 0.5) is 0 Å². The van der Waals surface area contributed by atoms with Crippen LogP contribution in [0.2, 0.25) is 0 Å². The Bertz CT molecular complexity index is 186. The molecule has 0 aromatic rings. The van der Waals surface area contributed by atoms with Crippen molar-refractivity contribution >= 4 is 5.91 Å². The van der Waals surface area contributed by atoms with Crippen LogP contribution in [-0.2, 0) is 4.79 Å². The van der Waals surface area contributed by atoms with Crippen LogP contribution in [0.25, 0.3) is 0 Å². The molecule has 1 rings (SSSR count). The number of carbonyl (C=O) groups excluding carboxylic acids is 1. The number of nitrogens with zero attached hydrogens (tertiary/aromatic N) is 1. The zero-order chi connectivity index (χ0) is 8.43. The van der Waals surface area contributed by atoms with E-state index in [-0.39, 0.29) is 11.9 Å². The first-order valence-electron chi connectivity index (χ1n) is 4.17. The molecule has 0 saturated carbocycles. The first-order chi connectivity index (χ1) is 5.18. The molecule has 0 aromatic heterocycles. The maximum Gasteiger partial charge on any atom is 0.250 e. The molecule has 1 amide bonds. The first kappa shape index (κ1) is 8.31. The molecule has 1 aliphatic heterocycles. The van der Waals surface area contributed by atoms with Gasteiger partial charge in [0.05, 0.1) is 0 Å². The minimum Gasteiger partial charge on any atom is -0.303 e. The van der Waals surface area contributed by atoms with Gasteiger partial charge in [-0.25, -0.2) is 0 Å². The summed E-state index contributed by atoms with van der Waals surface area (Å²) in [6.45, 7) is 7.75. The van der Waals surface area contributed by atoms with E-state index in [4.69, 9.17) is 0 Å². The van der Waals surface area contributed by atoms with E-state index >= 15 is 0 Å². The standard InChI is InChI=1S/C9H15NO/c1-4-5-6-8-9(11)10(8)7(2)3/h8H,2,4-6H2,1,3H3. The Kier molecular flexibility index (Phi) is 2.32. The van der Waals surface area contributed by atoms with Gasteiger partial charge in [-0.15, -0.1) is 0 Å². The van der Waals surface area contributed by atoms with E-state index in [2.05, 4.69) is 13.5 Å². The molecule has 62 valence electrons. The van der Waals surface area contributed by atoms with E-state index in [1.807, 2.05) is 6.92 Å². The Morgan fingerprint density at radius 1 is 1.73 bits per heavy atom. The summed E-state index contributed by atoms with van der Waals surface area (Å²) in [6, 6.07) is 0.174. The van der Waals surface area contributed by atoms with E-state index in [9.17, 15) is 4.79 Å². The molecule has 0 spiro atoms. The lowest BCUT2D eigenvalue weighted by Gasteiger charge is -1.98. The average molecular weight is 153 g/mol. The molecule has 0 aromatic carbocycles. The number of amides is 1. The predicted octanol–water partition coefficient (Wildman–Crippen LogP) is 1.92. The highest BCUT2D eigenvalue weighted by Gasteiger charge is 2.45. The van der Waals surface area contributed by atoms with Crippen LogP contribution in [0.5, 0.6) is 0 Å². The Balaban J connectivity index is 2.30. The molecule has 1 atom stereocenters. The van der Waals surface area contributed by atoms with Crippen molar-refractivity contribution in [3.8, 4) is 0 Å². The predicted molar refractivity (Wildman–Crippen MR) is 45.0 cm³/mol. The second-order valence-electron chi connectivity index (χ2n) is 3.10. The summed E-state index contributed by atoms with van der Waals surface area (Å²) in [5, 5.41) is 0. The van der Waals surface area contributed by atoms with Gasteiger partial charge in [-0.1, -0.05) is 26.3 Å². The third-order valence-corrected chi connectivity index (χ3v) is 2.01. The van der Waals surface area contributed by atoms with Gasteiger partial charge >= 0.3 is 0 Å².